The summed E-state index contributed by atoms with van der Waals surface area (Å²) in [6, 6.07) is 6.33. The molecule has 0 fully saturated rings. The van der Waals surface area contributed by atoms with Crippen LogP contribution in [-0.2, 0) is 4.79 Å². The molecule has 18 heavy (non-hydrogen) atoms. The molecule has 2 N–H and O–H groups in total. The quantitative estimate of drug-likeness (QED) is 0.812. The van der Waals surface area contributed by atoms with E-state index in [2.05, 4.69) is 56.5 Å². The molecule has 1 aromatic carbocycles. The molecule has 3 heteroatoms. The second-order valence-electron chi connectivity index (χ2n) is 5.25. The van der Waals surface area contributed by atoms with E-state index in [1.807, 2.05) is 0 Å². The van der Waals surface area contributed by atoms with E-state index in [0.717, 1.165) is 12.2 Å². The van der Waals surface area contributed by atoms with Crippen LogP contribution in [0.2, 0.25) is 0 Å². The van der Waals surface area contributed by atoms with E-state index in [1.165, 1.54) is 11.1 Å². The van der Waals surface area contributed by atoms with E-state index in [9.17, 15) is 4.79 Å². The number of nitrogens with one attached hydrogen (secondary N) is 2. The normalized spacial score (nSPS) is 10.5. The van der Waals surface area contributed by atoms with Gasteiger partial charge in [0.1, 0.15) is 0 Å². The first kappa shape index (κ1) is 14.6. The van der Waals surface area contributed by atoms with Crippen molar-refractivity contribution in [2.24, 2.45) is 5.92 Å². The number of benzene rings is 1. The van der Waals surface area contributed by atoms with Crippen molar-refractivity contribution >= 4 is 11.6 Å². The van der Waals surface area contributed by atoms with Gasteiger partial charge in [-0.2, -0.15) is 0 Å². The number of aryl methyl sites for hydroxylation is 2. The number of hydrogen-bond acceptors (Lipinski definition) is 2. The summed E-state index contributed by atoms with van der Waals surface area (Å²) in [4.78, 5) is 11.5. The Morgan fingerprint density at radius 1 is 1.17 bits per heavy atom. The molecule has 0 heterocycles. The molecule has 0 atom stereocenters. The first-order valence-corrected chi connectivity index (χ1v) is 6.56. The highest BCUT2D eigenvalue weighted by Gasteiger charge is 2.02. The molecule has 0 bridgehead atoms. The maximum atomic E-state index is 11.5. The fourth-order valence-corrected chi connectivity index (χ4v) is 1.80. The van der Waals surface area contributed by atoms with Crippen molar-refractivity contribution in [3.63, 3.8) is 0 Å². The molecule has 0 saturated heterocycles. The molecule has 0 aliphatic heterocycles. The molecule has 0 saturated carbocycles. The third-order valence-electron chi connectivity index (χ3n) is 2.61. The Morgan fingerprint density at radius 2 is 1.78 bits per heavy atom. The van der Waals surface area contributed by atoms with Gasteiger partial charge >= 0.3 is 0 Å². The molecule has 0 spiro atoms. The van der Waals surface area contributed by atoms with Crippen molar-refractivity contribution in [2.75, 3.05) is 18.4 Å². The molecular weight excluding hydrogens is 224 g/mol. The van der Waals surface area contributed by atoms with Crippen LogP contribution in [0.15, 0.2) is 18.2 Å². The van der Waals surface area contributed by atoms with E-state index in [1.54, 1.807) is 0 Å². The van der Waals surface area contributed by atoms with Crippen LogP contribution in [0.3, 0.4) is 0 Å². The van der Waals surface area contributed by atoms with E-state index in [4.69, 9.17) is 0 Å². The SMILES string of the molecule is Cc1cc(C)cc(NCCC(=O)NCC(C)C)c1. The van der Waals surface area contributed by atoms with Crippen molar-refractivity contribution < 1.29 is 4.79 Å². The molecule has 3 nitrogen and oxygen atoms in total. The molecule has 0 unspecified atom stereocenters. The number of hydrogen-bond donors (Lipinski definition) is 2. The van der Waals surface area contributed by atoms with Gasteiger partial charge in [-0.25, -0.2) is 0 Å². The highest BCUT2D eigenvalue weighted by molar-refractivity contribution is 5.76. The Kier molecular flexibility index (Phi) is 5.69. The average molecular weight is 248 g/mol. The van der Waals surface area contributed by atoms with Crippen LogP contribution < -0.4 is 10.6 Å². The summed E-state index contributed by atoms with van der Waals surface area (Å²) < 4.78 is 0. The van der Waals surface area contributed by atoms with Crippen LogP contribution in [0.25, 0.3) is 0 Å². The number of amides is 1. The molecule has 0 aliphatic carbocycles. The van der Waals surface area contributed by atoms with Gasteiger partial charge < -0.3 is 10.6 Å². The molecule has 100 valence electrons. The van der Waals surface area contributed by atoms with Crippen LogP contribution in [0.5, 0.6) is 0 Å². The van der Waals surface area contributed by atoms with Gasteiger partial charge in [-0.3, -0.25) is 4.79 Å². The Balaban J connectivity index is 2.30. The van der Waals surface area contributed by atoms with Crippen LogP contribution in [0.4, 0.5) is 5.69 Å². The zero-order valence-electron chi connectivity index (χ0n) is 11.8. The maximum absolute atomic E-state index is 11.5. The van der Waals surface area contributed by atoms with E-state index in [-0.39, 0.29) is 5.91 Å². The largest absolute Gasteiger partial charge is 0.385 e. The zero-order chi connectivity index (χ0) is 13.5. The van der Waals surface area contributed by atoms with Crippen molar-refractivity contribution in [1.82, 2.24) is 5.32 Å². The average Bonchev–Trinajstić information content (AvgIpc) is 2.25. The molecule has 1 aromatic rings. The molecule has 0 radical (unpaired) electrons. The lowest BCUT2D eigenvalue weighted by molar-refractivity contribution is -0.120. The minimum absolute atomic E-state index is 0.112. The van der Waals surface area contributed by atoms with Crippen LogP contribution >= 0.6 is 0 Å². The van der Waals surface area contributed by atoms with Gasteiger partial charge in [0.15, 0.2) is 0 Å². The van der Waals surface area contributed by atoms with Crippen LogP contribution in [-0.4, -0.2) is 19.0 Å². The summed E-state index contributed by atoms with van der Waals surface area (Å²) >= 11 is 0. The lowest BCUT2D eigenvalue weighted by Gasteiger charge is -2.10. The molecule has 1 rings (SSSR count). The zero-order valence-corrected chi connectivity index (χ0v) is 11.8. The van der Waals surface area contributed by atoms with Gasteiger partial charge in [-0.05, 0) is 43.0 Å². The lowest BCUT2D eigenvalue weighted by atomic mass is 10.1. The smallest absolute Gasteiger partial charge is 0.221 e. The lowest BCUT2D eigenvalue weighted by Crippen LogP contribution is -2.28. The molecular formula is C15H24N2O. The summed E-state index contributed by atoms with van der Waals surface area (Å²) in [7, 11) is 0. The number of carbonyl (C=O) groups is 1. The van der Waals surface area contributed by atoms with Crippen LogP contribution in [0.1, 0.15) is 31.4 Å². The Hall–Kier alpha value is -1.51. The van der Waals surface area contributed by atoms with E-state index >= 15 is 0 Å². The van der Waals surface area contributed by atoms with E-state index < -0.39 is 0 Å². The first-order valence-electron chi connectivity index (χ1n) is 6.56. The molecule has 0 aromatic heterocycles. The molecule has 0 aliphatic rings. The third-order valence-corrected chi connectivity index (χ3v) is 2.61. The minimum Gasteiger partial charge on any atom is -0.385 e. The highest BCUT2D eigenvalue weighted by atomic mass is 16.1. The van der Waals surface area contributed by atoms with Crippen molar-refractivity contribution in [2.45, 2.75) is 34.1 Å². The Labute approximate surface area is 110 Å². The number of anilines is 1. The van der Waals surface area contributed by atoms with Gasteiger partial charge in [-0.1, -0.05) is 19.9 Å². The standard InChI is InChI=1S/C15H24N2O/c1-11(2)10-17-15(18)5-6-16-14-8-12(3)7-13(4)9-14/h7-9,11,16H,5-6,10H2,1-4H3,(H,17,18). The fraction of sp³-hybridized carbons (Fsp3) is 0.533. The van der Waals surface area contributed by atoms with Gasteiger partial charge in [0.2, 0.25) is 5.91 Å². The first-order chi connectivity index (χ1) is 8.47. The maximum Gasteiger partial charge on any atom is 0.221 e. The summed E-state index contributed by atoms with van der Waals surface area (Å²) in [5.41, 5.74) is 3.56. The number of carbonyl (C=O) groups excluding carboxylic acids is 1. The van der Waals surface area contributed by atoms with Crippen molar-refractivity contribution in [1.29, 1.82) is 0 Å². The highest BCUT2D eigenvalue weighted by Crippen LogP contribution is 2.13. The number of rotatable bonds is 6. The van der Waals surface area contributed by atoms with E-state index in [0.29, 0.717) is 18.9 Å². The van der Waals surface area contributed by atoms with Crippen molar-refractivity contribution in [3.8, 4) is 0 Å². The van der Waals surface area contributed by atoms with Gasteiger partial charge in [0.05, 0.1) is 0 Å². The van der Waals surface area contributed by atoms with Gasteiger partial charge in [0.25, 0.3) is 0 Å². The Bertz CT molecular complexity index is 379. The monoisotopic (exact) mass is 248 g/mol. The predicted octanol–water partition coefficient (Wildman–Crippen LogP) is 2.88. The summed E-state index contributed by atoms with van der Waals surface area (Å²) in [5.74, 6) is 0.613. The third kappa shape index (κ3) is 5.71. The summed E-state index contributed by atoms with van der Waals surface area (Å²) in [5, 5.41) is 6.20. The van der Waals surface area contributed by atoms with Gasteiger partial charge in [0, 0.05) is 25.2 Å². The summed E-state index contributed by atoms with van der Waals surface area (Å²) in [6.07, 6.45) is 0.514. The second kappa shape index (κ2) is 7.04. The second-order valence-corrected chi connectivity index (χ2v) is 5.25. The topological polar surface area (TPSA) is 41.1 Å². The Morgan fingerprint density at radius 3 is 2.33 bits per heavy atom. The fourth-order valence-electron chi connectivity index (χ4n) is 1.80. The summed E-state index contributed by atoms with van der Waals surface area (Å²) in [6.45, 7) is 9.76. The predicted molar refractivity (Wildman–Crippen MR) is 76.9 cm³/mol. The minimum atomic E-state index is 0.112. The van der Waals surface area contributed by atoms with Gasteiger partial charge in [-0.15, -0.1) is 0 Å². The van der Waals surface area contributed by atoms with Crippen LogP contribution in [0, 0.1) is 19.8 Å². The van der Waals surface area contributed by atoms with Crippen molar-refractivity contribution in [3.05, 3.63) is 29.3 Å². The molecule has 1 amide bonds.